The van der Waals surface area contributed by atoms with Gasteiger partial charge in [0.05, 0.1) is 19.4 Å². The normalized spacial score (nSPS) is 29.7. The van der Waals surface area contributed by atoms with Crippen LogP contribution < -0.4 is 10.9 Å². The van der Waals surface area contributed by atoms with Crippen molar-refractivity contribution >= 4 is 6.34 Å². The van der Waals surface area contributed by atoms with Crippen LogP contribution in [0.4, 0.5) is 0 Å². The number of likely N-dealkylation sites (tertiary alicyclic amines) is 1. The van der Waals surface area contributed by atoms with Gasteiger partial charge in [-0.15, -0.1) is 5.12 Å². The molecule has 6 aliphatic heterocycles. The van der Waals surface area contributed by atoms with Crippen molar-refractivity contribution in [3.63, 3.8) is 0 Å². The van der Waals surface area contributed by atoms with Crippen molar-refractivity contribution in [3.05, 3.63) is 48.5 Å². The Balaban J connectivity index is 1.57. The van der Waals surface area contributed by atoms with Gasteiger partial charge >= 0.3 is 0 Å². The quantitative estimate of drug-likeness (QED) is 0.553. The predicted molar refractivity (Wildman–Crippen MR) is 133 cm³/mol. The van der Waals surface area contributed by atoms with Gasteiger partial charge in [0, 0.05) is 57.9 Å². The Kier molecular flexibility index (Phi) is 5.88. The van der Waals surface area contributed by atoms with E-state index in [1.165, 1.54) is 24.5 Å². The van der Waals surface area contributed by atoms with Gasteiger partial charge in [-0.05, 0) is 31.8 Å². The van der Waals surface area contributed by atoms with E-state index < -0.39 is 5.91 Å². The van der Waals surface area contributed by atoms with E-state index in [4.69, 9.17) is 0 Å². The molecule has 184 valence electrons. The Morgan fingerprint density at radius 3 is 2.44 bits per heavy atom. The highest BCUT2D eigenvalue weighted by Gasteiger charge is 2.63. The second-order valence-electron chi connectivity index (χ2n) is 9.60. The van der Waals surface area contributed by atoms with Crippen LogP contribution in [-0.4, -0.2) is 99.3 Å². The Morgan fingerprint density at radius 1 is 0.941 bits per heavy atom. The summed E-state index contributed by atoms with van der Waals surface area (Å²) in [6.07, 6.45) is 21.0. The van der Waals surface area contributed by atoms with Crippen molar-refractivity contribution in [3.8, 4) is 0 Å². The van der Waals surface area contributed by atoms with Gasteiger partial charge in [-0.1, -0.05) is 25.5 Å². The van der Waals surface area contributed by atoms with Crippen LogP contribution >= 0.6 is 0 Å². The van der Waals surface area contributed by atoms with E-state index in [1.807, 2.05) is 6.34 Å². The fourth-order valence-corrected chi connectivity index (χ4v) is 6.00. The third-order valence-corrected chi connectivity index (χ3v) is 7.48. The number of nitrogens with zero attached hydrogens (tertiary/aromatic N) is 8. The minimum absolute atomic E-state index is 0.508. The molecule has 10 heteroatoms. The molecule has 0 aromatic heterocycles. The van der Waals surface area contributed by atoms with E-state index >= 15 is 0 Å². The summed E-state index contributed by atoms with van der Waals surface area (Å²) in [5, 5.41) is 7.23. The van der Waals surface area contributed by atoms with E-state index in [0.29, 0.717) is 0 Å². The monoisotopic (exact) mass is 466 g/mol. The Hall–Kier alpha value is -2.69. The summed E-state index contributed by atoms with van der Waals surface area (Å²) in [7, 11) is 0. The summed E-state index contributed by atoms with van der Waals surface area (Å²) in [5.74, 6) is 1.98. The first-order valence-electron chi connectivity index (χ1n) is 13.0. The lowest BCUT2D eigenvalue weighted by molar-refractivity contribution is -0.291. The van der Waals surface area contributed by atoms with Crippen LogP contribution in [0.1, 0.15) is 39.0 Å². The summed E-state index contributed by atoms with van der Waals surface area (Å²) < 4.78 is 0. The van der Waals surface area contributed by atoms with Crippen molar-refractivity contribution < 1.29 is 0 Å². The number of unbranched alkanes of at least 4 members (excludes halogenated alkanes) is 1. The summed E-state index contributed by atoms with van der Waals surface area (Å²) >= 11 is 0. The van der Waals surface area contributed by atoms with Gasteiger partial charge in [-0.2, -0.15) is 5.01 Å². The first kappa shape index (κ1) is 21.8. The molecule has 0 bridgehead atoms. The minimum atomic E-state index is -0.508. The largest absolute Gasteiger partial charge is 0.332 e. The van der Waals surface area contributed by atoms with Crippen LogP contribution in [0.25, 0.3) is 0 Å². The van der Waals surface area contributed by atoms with Crippen LogP contribution in [-0.2, 0) is 0 Å². The van der Waals surface area contributed by atoms with Gasteiger partial charge < -0.3 is 25.6 Å². The molecule has 0 radical (unpaired) electrons. The van der Waals surface area contributed by atoms with Crippen LogP contribution in [0.3, 0.4) is 0 Å². The van der Waals surface area contributed by atoms with Crippen LogP contribution in [0.2, 0.25) is 0 Å². The van der Waals surface area contributed by atoms with Gasteiger partial charge in [0.15, 0.2) is 11.6 Å². The zero-order valence-corrected chi connectivity index (χ0v) is 20.3. The zero-order chi connectivity index (χ0) is 23.0. The SMILES string of the molecule is CCCCN1C(N2C=CCC2)=C(N2C=NCC2)N(N2CC=CN2)C1(N1CCCC1)N1CC=CN1. The second-order valence-corrected chi connectivity index (χ2v) is 9.60. The third kappa shape index (κ3) is 3.30. The number of hydrogen-bond acceptors (Lipinski definition) is 10. The molecule has 0 aromatic carbocycles. The topological polar surface area (TPSA) is 59.1 Å². The molecular formula is C24H38N10. The highest BCUT2D eigenvalue weighted by molar-refractivity contribution is 5.61. The molecular weight excluding hydrogens is 428 g/mol. The molecule has 6 aliphatic rings. The second kappa shape index (κ2) is 9.16. The maximum absolute atomic E-state index is 4.64. The van der Waals surface area contributed by atoms with Crippen molar-refractivity contribution in [2.45, 2.75) is 44.9 Å². The standard InChI is InChI=1S/C24H38N10/c1-2-3-17-31-22(28-13-4-5-14-28)23(29-20-12-25-21-29)34(33-19-9-11-27-33)24(31,30-15-6-7-16-30)32-18-8-10-26-32/h4,8-11,13,21,26-27H,2-3,5-7,12,14-20H2,1H3. The molecule has 0 spiro atoms. The molecule has 10 nitrogen and oxygen atoms in total. The van der Waals surface area contributed by atoms with Crippen molar-refractivity contribution in [2.24, 2.45) is 4.99 Å². The maximum atomic E-state index is 4.64. The molecule has 1 unspecified atom stereocenters. The third-order valence-electron chi connectivity index (χ3n) is 7.48. The summed E-state index contributed by atoms with van der Waals surface area (Å²) in [5.41, 5.74) is 7.19. The van der Waals surface area contributed by atoms with E-state index in [1.54, 1.807) is 0 Å². The number of nitrogens with one attached hydrogen (secondary N) is 2. The van der Waals surface area contributed by atoms with Gasteiger partial charge in [-0.3, -0.25) is 4.99 Å². The van der Waals surface area contributed by atoms with Gasteiger partial charge in [0.2, 0.25) is 0 Å². The molecule has 0 amide bonds. The molecule has 6 rings (SSSR count). The average Bonchev–Trinajstić information content (AvgIpc) is 3.68. The smallest absolute Gasteiger partial charge is 0.269 e. The fourth-order valence-electron chi connectivity index (χ4n) is 6.00. The van der Waals surface area contributed by atoms with Crippen molar-refractivity contribution in [1.82, 2.24) is 45.6 Å². The van der Waals surface area contributed by atoms with E-state index in [9.17, 15) is 0 Å². The minimum Gasteiger partial charge on any atom is -0.332 e. The van der Waals surface area contributed by atoms with E-state index in [2.05, 4.69) is 94.3 Å². The van der Waals surface area contributed by atoms with Gasteiger partial charge in [0.1, 0.15) is 0 Å². The molecule has 1 saturated heterocycles. The number of hydrazine groups is 3. The van der Waals surface area contributed by atoms with Crippen molar-refractivity contribution in [2.75, 3.05) is 52.4 Å². The molecule has 34 heavy (non-hydrogen) atoms. The van der Waals surface area contributed by atoms with Gasteiger partial charge in [0.25, 0.3) is 5.91 Å². The van der Waals surface area contributed by atoms with Crippen molar-refractivity contribution in [1.29, 1.82) is 0 Å². The lowest BCUT2D eigenvalue weighted by atomic mass is 10.3. The van der Waals surface area contributed by atoms with Crippen LogP contribution in [0.15, 0.2) is 53.5 Å². The lowest BCUT2D eigenvalue weighted by Gasteiger charge is -2.57. The van der Waals surface area contributed by atoms with E-state index in [-0.39, 0.29) is 0 Å². The Labute approximate surface area is 203 Å². The number of rotatable bonds is 8. The maximum Gasteiger partial charge on any atom is 0.269 e. The average molecular weight is 467 g/mol. The van der Waals surface area contributed by atoms with Gasteiger partial charge in [-0.25, -0.2) is 9.91 Å². The Morgan fingerprint density at radius 2 is 1.79 bits per heavy atom. The highest BCUT2D eigenvalue weighted by Crippen LogP contribution is 2.47. The molecule has 0 aromatic rings. The first-order valence-corrected chi connectivity index (χ1v) is 13.0. The lowest BCUT2D eigenvalue weighted by Crippen LogP contribution is -2.78. The molecule has 1 atom stereocenters. The zero-order valence-electron chi connectivity index (χ0n) is 20.3. The highest BCUT2D eigenvalue weighted by atomic mass is 16.0. The van der Waals surface area contributed by atoms with Crippen LogP contribution in [0.5, 0.6) is 0 Å². The van der Waals surface area contributed by atoms with E-state index in [0.717, 1.165) is 71.6 Å². The molecule has 0 saturated carbocycles. The first-order chi connectivity index (χ1) is 16.9. The number of hydrogen-bond donors (Lipinski definition) is 2. The Bertz CT molecular complexity index is 883. The predicted octanol–water partition coefficient (Wildman–Crippen LogP) is 1.38. The number of aliphatic imine (C=N–C) groups is 1. The molecule has 0 aliphatic carbocycles. The summed E-state index contributed by atoms with van der Waals surface area (Å²) in [6.45, 7) is 9.83. The molecule has 2 N–H and O–H groups in total. The fraction of sp³-hybridized carbons (Fsp3) is 0.625. The summed E-state index contributed by atoms with van der Waals surface area (Å²) in [6, 6.07) is 0. The summed E-state index contributed by atoms with van der Waals surface area (Å²) in [4.78, 5) is 14.8. The molecule has 1 fully saturated rings. The molecule has 6 heterocycles. The van der Waals surface area contributed by atoms with Crippen LogP contribution in [0, 0.1) is 0 Å².